The van der Waals surface area contributed by atoms with Gasteiger partial charge in [0.25, 0.3) is 0 Å². The van der Waals surface area contributed by atoms with Crippen molar-refractivity contribution in [3.63, 3.8) is 0 Å². The van der Waals surface area contributed by atoms with Crippen LogP contribution in [0, 0.1) is 17.2 Å². The topological polar surface area (TPSA) is 144 Å². The van der Waals surface area contributed by atoms with E-state index in [1.807, 2.05) is 6.21 Å². The first kappa shape index (κ1) is 26.3. The molecule has 5 rings (SSSR count). The molecule has 0 amide bonds. The van der Waals surface area contributed by atoms with Gasteiger partial charge < -0.3 is 25.7 Å². The lowest BCUT2D eigenvalue weighted by molar-refractivity contribution is -0.409. The molecule has 1 aromatic rings. The van der Waals surface area contributed by atoms with Crippen molar-refractivity contribution in [2.45, 2.75) is 45.2 Å². The third-order valence-electron chi connectivity index (χ3n) is 7.84. The van der Waals surface area contributed by atoms with Crippen molar-refractivity contribution in [3.05, 3.63) is 59.4 Å². The third-order valence-corrected chi connectivity index (χ3v) is 7.84. The monoisotopic (exact) mass is 518 g/mol. The highest BCUT2D eigenvalue weighted by molar-refractivity contribution is 6.18. The lowest BCUT2D eigenvalue weighted by Crippen LogP contribution is -2.95. The maximum atomic E-state index is 8.23. The van der Waals surface area contributed by atoms with E-state index in [0.29, 0.717) is 35.4 Å². The number of nitrogens with one attached hydrogen (secondary N) is 3. The maximum absolute atomic E-state index is 8.23. The largest absolute Gasteiger partial charge is 0.461 e. The Balaban J connectivity index is 1.09. The van der Waals surface area contributed by atoms with Gasteiger partial charge in [-0.25, -0.2) is 5.32 Å². The number of aliphatic imine (C=N–C) groups is 3. The van der Waals surface area contributed by atoms with Crippen LogP contribution < -0.4 is 21.7 Å². The number of nitrogens with zero attached hydrogens (tertiary/aromatic N) is 4. The summed E-state index contributed by atoms with van der Waals surface area (Å²) in [6.07, 6.45) is 13.4. The Kier molecular flexibility index (Phi) is 8.31. The van der Waals surface area contributed by atoms with E-state index < -0.39 is 0 Å². The van der Waals surface area contributed by atoms with Crippen LogP contribution in [0.2, 0.25) is 0 Å². The lowest BCUT2D eigenvalue weighted by atomic mass is 9.91. The van der Waals surface area contributed by atoms with Crippen molar-refractivity contribution in [2.24, 2.45) is 32.5 Å². The average molecular weight is 519 g/mol. The molecule has 1 aromatic heterocycles. The smallest absolute Gasteiger partial charge is 0.303 e. The van der Waals surface area contributed by atoms with Gasteiger partial charge in [0.2, 0.25) is 5.84 Å². The predicted molar refractivity (Wildman–Crippen MR) is 151 cm³/mol. The van der Waals surface area contributed by atoms with Crippen LogP contribution >= 0.6 is 0 Å². The van der Waals surface area contributed by atoms with Crippen LogP contribution in [0.3, 0.4) is 0 Å². The molecule has 1 fully saturated rings. The fraction of sp³-hybridized carbons (Fsp3) is 0.500. The number of fused-ring (bicyclic) bond motifs is 1. The molecule has 0 spiro atoms. The number of guanidine groups is 1. The molecule has 38 heavy (non-hydrogen) atoms. The number of allylic oxidation sites excluding steroid dienone is 1. The molecule has 10 heteroatoms. The number of rotatable bonds is 10. The summed E-state index contributed by atoms with van der Waals surface area (Å²) in [7, 11) is 0. The van der Waals surface area contributed by atoms with Crippen LogP contribution in [0.15, 0.2) is 73.0 Å². The van der Waals surface area contributed by atoms with Crippen LogP contribution in [0.5, 0.6) is 0 Å². The first-order valence-electron chi connectivity index (χ1n) is 13.8. The Hall–Kier alpha value is -3.34. The molecule has 4 atom stereocenters. The summed E-state index contributed by atoms with van der Waals surface area (Å²) in [4.78, 5) is 16.3. The average Bonchev–Trinajstić information content (AvgIpc) is 3.62. The minimum atomic E-state index is 0.0509. The Morgan fingerprint density at radius 1 is 1.42 bits per heavy atom. The summed E-state index contributed by atoms with van der Waals surface area (Å²) < 4.78 is 5.29. The normalized spacial score (nSPS) is 26.2. The zero-order valence-electron chi connectivity index (χ0n) is 22.4. The van der Waals surface area contributed by atoms with Gasteiger partial charge in [-0.05, 0) is 62.9 Å². The first-order valence-corrected chi connectivity index (χ1v) is 13.8. The van der Waals surface area contributed by atoms with Gasteiger partial charge in [0.15, 0.2) is 11.6 Å². The minimum absolute atomic E-state index is 0.0509. The van der Waals surface area contributed by atoms with Crippen LogP contribution in [0.25, 0.3) is 0 Å². The number of nitrogens with two attached hydrogens (primary N) is 2. The SMILES string of the molecule is CCN(CCNCCC(C)C1CC2=C(C=N1)C(=NC(=N)c1ccco1)[NH2+]C(N)=N2)C1=CC2CCNC2C=C1. The number of hydrogen-bond acceptors (Lipinski definition) is 8. The quantitative estimate of drug-likeness (QED) is 0.180. The van der Waals surface area contributed by atoms with E-state index in [4.69, 9.17) is 20.6 Å². The van der Waals surface area contributed by atoms with Crippen molar-refractivity contribution in [1.29, 1.82) is 5.41 Å². The number of dihydropyridines is 1. The van der Waals surface area contributed by atoms with Crippen molar-refractivity contribution >= 4 is 23.8 Å². The molecule has 4 unspecified atom stereocenters. The minimum Gasteiger partial charge on any atom is -0.461 e. The zero-order valence-corrected chi connectivity index (χ0v) is 22.4. The van der Waals surface area contributed by atoms with Gasteiger partial charge in [-0.15, -0.1) is 0 Å². The highest BCUT2D eigenvalue weighted by atomic mass is 16.3. The van der Waals surface area contributed by atoms with E-state index in [9.17, 15) is 0 Å². The standard InChI is InChI=1S/C28H39N9O/c1-3-37(20-6-7-22-19(15-20)9-11-32-22)13-12-31-10-8-18(2)23-16-24-21(17-33-23)27(36-28(30)34-24)35-26(29)25-5-4-14-38-25/h4-7,14-15,17-19,22-23,31-32H,3,8-13,16H2,1-2H3,(H4,29,30,34,35,36)/p+1. The fourth-order valence-corrected chi connectivity index (χ4v) is 5.53. The van der Waals surface area contributed by atoms with Gasteiger partial charge in [-0.1, -0.05) is 19.1 Å². The highest BCUT2D eigenvalue weighted by Gasteiger charge is 2.31. The second-order valence-corrected chi connectivity index (χ2v) is 10.4. The van der Waals surface area contributed by atoms with Gasteiger partial charge in [-0.3, -0.25) is 10.4 Å². The summed E-state index contributed by atoms with van der Waals surface area (Å²) in [6, 6.07) is 4.13. The van der Waals surface area contributed by atoms with Crippen molar-refractivity contribution in [3.8, 4) is 0 Å². The third kappa shape index (κ3) is 6.03. The van der Waals surface area contributed by atoms with E-state index >= 15 is 0 Å². The maximum Gasteiger partial charge on any atom is 0.303 e. The number of furan rings is 1. The number of quaternary nitrogens is 1. The number of amidine groups is 2. The zero-order chi connectivity index (χ0) is 26.5. The molecular formula is C28H40N9O+. The van der Waals surface area contributed by atoms with Crippen molar-refractivity contribution in [1.82, 2.24) is 15.5 Å². The van der Waals surface area contributed by atoms with E-state index in [1.165, 1.54) is 18.4 Å². The van der Waals surface area contributed by atoms with Gasteiger partial charge in [0.05, 0.1) is 23.6 Å². The van der Waals surface area contributed by atoms with E-state index in [1.54, 1.807) is 17.4 Å². The van der Waals surface area contributed by atoms with E-state index in [2.05, 4.69) is 57.6 Å². The van der Waals surface area contributed by atoms with Crippen LogP contribution in [-0.2, 0) is 0 Å². The molecule has 0 saturated carbocycles. The first-order chi connectivity index (χ1) is 18.5. The molecule has 0 aromatic carbocycles. The highest BCUT2D eigenvalue weighted by Crippen LogP contribution is 2.27. The number of likely N-dealkylation sites (N-methyl/N-ethyl adjacent to an activating group) is 1. The van der Waals surface area contributed by atoms with Gasteiger partial charge in [-0.2, -0.15) is 9.98 Å². The summed E-state index contributed by atoms with van der Waals surface area (Å²) in [5.41, 5.74) is 9.18. The Bertz CT molecular complexity index is 1190. The summed E-state index contributed by atoms with van der Waals surface area (Å²) in [5, 5.41) is 17.1. The molecule has 1 aliphatic carbocycles. The van der Waals surface area contributed by atoms with Crippen molar-refractivity contribution < 1.29 is 9.73 Å². The van der Waals surface area contributed by atoms with Crippen LogP contribution in [0.4, 0.5) is 0 Å². The molecule has 10 nitrogen and oxygen atoms in total. The molecular weight excluding hydrogens is 478 g/mol. The van der Waals surface area contributed by atoms with Crippen LogP contribution in [-0.4, -0.2) is 73.6 Å². The van der Waals surface area contributed by atoms with E-state index in [-0.39, 0.29) is 11.9 Å². The summed E-state index contributed by atoms with van der Waals surface area (Å²) in [6.45, 7) is 9.52. The molecule has 202 valence electrons. The summed E-state index contributed by atoms with van der Waals surface area (Å²) in [5.74, 6) is 2.51. The van der Waals surface area contributed by atoms with E-state index in [0.717, 1.165) is 56.8 Å². The molecule has 7 N–H and O–H groups in total. The van der Waals surface area contributed by atoms with Gasteiger partial charge in [0.1, 0.15) is 0 Å². The molecule has 4 heterocycles. The molecule has 3 aliphatic heterocycles. The lowest BCUT2D eigenvalue weighted by Gasteiger charge is -2.29. The molecule has 0 bridgehead atoms. The molecule has 1 saturated heterocycles. The summed E-state index contributed by atoms with van der Waals surface area (Å²) >= 11 is 0. The van der Waals surface area contributed by atoms with Gasteiger partial charge >= 0.3 is 5.96 Å². The Morgan fingerprint density at radius 2 is 2.32 bits per heavy atom. The molecule has 4 aliphatic rings. The van der Waals surface area contributed by atoms with Crippen molar-refractivity contribution in [2.75, 3.05) is 32.7 Å². The second-order valence-electron chi connectivity index (χ2n) is 10.4. The fourth-order valence-electron chi connectivity index (χ4n) is 5.53. The molecule has 0 radical (unpaired) electrons. The van der Waals surface area contributed by atoms with Crippen LogP contribution in [0.1, 0.15) is 38.9 Å². The Labute approximate surface area is 224 Å². The Morgan fingerprint density at radius 3 is 3.13 bits per heavy atom. The predicted octanol–water partition coefficient (Wildman–Crippen LogP) is 1.36. The second kappa shape index (κ2) is 12.0. The van der Waals surface area contributed by atoms with Gasteiger partial charge in [0, 0.05) is 44.0 Å². The number of hydrogen-bond donors (Lipinski definition) is 5.